The zero-order valence-electron chi connectivity index (χ0n) is 18.0. The van der Waals surface area contributed by atoms with E-state index >= 15 is 0 Å². The van der Waals surface area contributed by atoms with Crippen LogP contribution in [0.25, 0.3) is 11.0 Å². The van der Waals surface area contributed by atoms with Crippen molar-refractivity contribution in [3.05, 3.63) is 47.4 Å². The quantitative estimate of drug-likeness (QED) is 0.627. The Morgan fingerprint density at radius 1 is 1.16 bits per heavy atom. The van der Waals surface area contributed by atoms with Crippen LogP contribution in [-0.2, 0) is 29.2 Å². The number of benzene rings is 1. The highest BCUT2D eigenvalue weighted by molar-refractivity contribution is 5.95. The third-order valence-corrected chi connectivity index (χ3v) is 5.97. The highest BCUT2D eigenvalue weighted by atomic mass is 16.2. The molecule has 0 saturated carbocycles. The van der Waals surface area contributed by atoms with E-state index in [9.17, 15) is 14.4 Å². The summed E-state index contributed by atoms with van der Waals surface area (Å²) in [6.07, 6.45) is 6.25. The van der Waals surface area contributed by atoms with E-state index in [0.717, 1.165) is 11.0 Å². The number of fused-ring (bicyclic) bond motifs is 1. The van der Waals surface area contributed by atoms with Gasteiger partial charge < -0.3 is 14.8 Å². The molecule has 31 heavy (non-hydrogen) atoms. The molecule has 0 spiro atoms. The average molecular weight is 425 g/mol. The van der Waals surface area contributed by atoms with E-state index in [1.54, 1.807) is 26.6 Å². The maximum absolute atomic E-state index is 12.8. The SMILES string of the molecule is CCn1c(=O)n(CC)c2cc(NC(=O)C3CCN(C(=O)CCn4ccnc4)C3)ccc21. The fraction of sp³-hybridized carbons (Fsp3) is 0.455. The third kappa shape index (κ3) is 4.12. The number of aromatic nitrogens is 4. The van der Waals surface area contributed by atoms with Gasteiger partial charge in [0.05, 0.1) is 23.3 Å². The van der Waals surface area contributed by atoms with Crippen LogP contribution < -0.4 is 11.0 Å². The number of rotatable bonds is 7. The molecule has 1 fully saturated rings. The smallest absolute Gasteiger partial charge is 0.329 e. The van der Waals surface area contributed by atoms with Crippen LogP contribution in [0.15, 0.2) is 41.7 Å². The lowest BCUT2D eigenvalue weighted by Gasteiger charge is -2.16. The van der Waals surface area contributed by atoms with Crippen molar-refractivity contribution in [3.8, 4) is 0 Å². The van der Waals surface area contributed by atoms with Crippen LogP contribution in [0, 0.1) is 5.92 Å². The van der Waals surface area contributed by atoms with Crippen LogP contribution in [-0.4, -0.2) is 48.5 Å². The molecule has 1 aliphatic rings. The van der Waals surface area contributed by atoms with Crippen molar-refractivity contribution in [2.24, 2.45) is 5.92 Å². The molecule has 1 atom stereocenters. The number of hydrogen-bond donors (Lipinski definition) is 1. The van der Waals surface area contributed by atoms with Crippen molar-refractivity contribution < 1.29 is 9.59 Å². The second kappa shape index (κ2) is 8.79. The second-order valence-corrected chi connectivity index (χ2v) is 7.84. The molecule has 4 rings (SSSR count). The van der Waals surface area contributed by atoms with Crippen LogP contribution >= 0.6 is 0 Å². The predicted octanol–water partition coefficient (Wildman–Crippen LogP) is 1.92. The molecule has 3 aromatic rings. The van der Waals surface area contributed by atoms with E-state index in [4.69, 9.17) is 0 Å². The number of anilines is 1. The number of hydrogen-bond acceptors (Lipinski definition) is 4. The average Bonchev–Trinajstić information content (AvgIpc) is 3.50. The van der Waals surface area contributed by atoms with Gasteiger partial charge in [-0.15, -0.1) is 0 Å². The van der Waals surface area contributed by atoms with E-state index in [0.29, 0.717) is 51.3 Å². The van der Waals surface area contributed by atoms with Crippen molar-refractivity contribution in [2.45, 2.75) is 46.3 Å². The fourth-order valence-electron chi connectivity index (χ4n) is 4.26. The minimum atomic E-state index is -0.235. The zero-order chi connectivity index (χ0) is 22.0. The van der Waals surface area contributed by atoms with Crippen molar-refractivity contribution in [2.75, 3.05) is 18.4 Å². The Labute approximate surface area is 180 Å². The van der Waals surface area contributed by atoms with E-state index in [1.165, 1.54) is 0 Å². The first kappa shape index (κ1) is 20.9. The first-order valence-electron chi connectivity index (χ1n) is 10.8. The molecule has 1 aliphatic heterocycles. The van der Waals surface area contributed by atoms with Crippen molar-refractivity contribution >= 4 is 28.5 Å². The van der Waals surface area contributed by atoms with Gasteiger partial charge in [0.15, 0.2) is 0 Å². The Balaban J connectivity index is 1.40. The van der Waals surface area contributed by atoms with Gasteiger partial charge in [-0.25, -0.2) is 9.78 Å². The molecule has 1 unspecified atom stereocenters. The third-order valence-electron chi connectivity index (χ3n) is 5.97. The first-order valence-corrected chi connectivity index (χ1v) is 10.8. The summed E-state index contributed by atoms with van der Waals surface area (Å²) in [4.78, 5) is 43.5. The van der Waals surface area contributed by atoms with Gasteiger partial charge in [-0.3, -0.25) is 18.7 Å². The Morgan fingerprint density at radius 2 is 1.94 bits per heavy atom. The molecule has 0 aliphatic carbocycles. The topological polar surface area (TPSA) is 94.2 Å². The van der Waals surface area contributed by atoms with Gasteiger partial charge >= 0.3 is 5.69 Å². The first-order chi connectivity index (χ1) is 15.0. The van der Waals surface area contributed by atoms with Crippen LogP contribution in [0.5, 0.6) is 0 Å². The summed E-state index contributed by atoms with van der Waals surface area (Å²) in [6, 6.07) is 5.56. The maximum atomic E-state index is 12.8. The largest absolute Gasteiger partial charge is 0.342 e. The number of carbonyl (C=O) groups is 2. The summed E-state index contributed by atoms with van der Waals surface area (Å²) < 4.78 is 5.31. The predicted molar refractivity (Wildman–Crippen MR) is 118 cm³/mol. The molecule has 1 N–H and O–H groups in total. The van der Waals surface area contributed by atoms with Crippen molar-refractivity contribution in [3.63, 3.8) is 0 Å². The molecule has 0 radical (unpaired) electrons. The molecule has 1 saturated heterocycles. The number of aryl methyl sites for hydroxylation is 3. The van der Waals surface area contributed by atoms with Crippen molar-refractivity contribution in [1.82, 2.24) is 23.6 Å². The molecule has 0 bridgehead atoms. The number of amides is 2. The highest BCUT2D eigenvalue weighted by Gasteiger charge is 2.31. The standard InChI is InChI=1S/C22H28N6O3/c1-3-27-18-6-5-17(13-19(18)28(4-2)22(27)31)24-21(30)16-7-11-26(14-16)20(29)8-10-25-12-9-23-15-25/h5-6,9,12-13,15-16H,3-4,7-8,10-11,14H2,1-2H3,(H,24,30). The van der Waals surface area contributed by atoms with Crippen LogP contribution in [0.1, 0.15) is 26.7 Å². The fourth-order valence-corrected chi connectivity index (χ4v) is 4.26. The summed E-state index contributed by atoms with van der Waals surface area (Å²) >= 11 is 0. The molecule has 2 amide bonds. The summed E-state index contributed by atoms with van der Waals surface area (Å²) in [5.41, 5.74) is 2.31. The summed E-state index contributed by atoms with van der Waals surface area (Å²) in [5, 5.41) is 2.97. The monoisotopic (exact) mass is 424 g/mol. The Hall–Kier alpha value is -3.36. The molecule has 1 aromatic carbocycles. The molecule has 3 heterocycles. The molecule has 9 heteroatoms. The maximum Gasteiger partial charge on any atom is 0.329 e. The lowest BCUT2D eigenvalue weighted by atomic mass is 10.1. The number of carbonyl (C=O) groups excluding carboxylic acids is 2. The van der Waals surface area contributed by atoms with Crippen LogP contribution in [0.4, 0.5) is 5.69 Å². The molecular formula is C22H28N6O3. The van der Waals surface area contributed by atoms with Crippen LogP contribution in [0.2, 0.25) is 0 Å². The highest BCUT2D eigenvalue weighted by Crippen LogP contribution is 2.22. The number of likely N-dealkylation sites (tertiary alicyclic amines) is 1. The Morgan fingerprint density at radius 3 is 2.65 bits per heavy atom. The van der Waals surface area contributed by atoms with Crippen LogP contribution in [0.3, 0.4) is 0 Å². The molecular weight excluding hydrogens is 396 g/mol. The molecule has 164 valence electrons. The van der Waals surface area contributed by atoms with Gasteiger partial charge in [0, 0.05) is 57.2 Å². The van der Waals surface area contributed by atoms with E-state index in [-0.39, 0.29) is 23.4 Å². The molecule has 2 aromatic heterocycles. The summed E-state index contributed by atoms with van der Waals surface area (Å²) in [5.74, 6) is -0.274. The second-order valence-electron chi connectivity index (χ2n) is 7.84. The number of imidazole rings is 2. The normalized spacial score (nSPS) is 16.2. The minimum absolute atomic E-state index is 0.0379. The van der Waals surface area contributed by atoms with Gasteiger partial charge in [-0.1, -0.05) is 0 Å². The van der Waals surface area contributed by atoms with Crippen molar-refractivity contribution in [1.29, 1.82) is 0 Å². The Kier molecular flexibility index (Phi) is 5.92. The molecule has 9 nitrogen and oxygen atoms in total. The Bertz CT molecular complexity index is 1140. The number of nitrogens with zero attached hydrogens (tertiary/aromatic N) is 5. The summed E-state index contributed by atoms with van der Waals surface area (Å²) in [7, 11) is 0. The lowest BCUT2D eigenvalue weighted by molar-refractivity contribution is -0.130. The van der Waals surface area contributed by atoms with Gasteiger partial charge in [0.1, 0.15) is 0 Å². The van der Waals surface area contributed by atoms with E-state index < -0.39 is 0 Å². The van der Waals surface area contributed by atoms with Gasteiger partial charge in [0.2, 0.25) is 11.8 Å². The van der Waals surface area contributed by atoms with Gasteiger partial charge in [-0.2, -0.15) is 0 Å². The lowest BCUT2D eigenvalue weighted by Crippen LogP contribution is -2.31. The van der Waals surface area contributed by atoms with E-state index in [1.807, 2.05) is 42.8 Å². The van der Waals surface area contributed by atoms with E-state index in [2.05, 4.69) is 10.3 Å². The number of nitrogens with one attached hydrogen (secondary N) is 1. The van der Waals surface area contributed by atoms with Gasteiger partial charge in [0.25, 0.3) is 0 Å². The minimum Gasteiger partial charge on any atom is -0.342 e. The van der Waals surface area contributed by atoms with Gasteiger partial charge in [-0.05, 0) is 38.5 Å². The zero-order valence-corrected chi connectivity index (χ0v) is 18.0. The summed E-state index contributed by atoms with van der Waals surface area (Å²) in [6.45, 7) is 6.65.